The molecule has 1 atom stereocenters. The highest BCUT2D eigenvalue weighted by atomic mass is 16.5. The summed E-state index contributed by atoms with van der Waals surface area (Å²) in [5, 5.41) is 2.95. The van der Waals surface area contributed by atoms with E-state index in [4.69, 9.17) is 4.74 Å². The highest BCUT2D eigenvalue weighted by molar-refractivity contribution is 5.91. The van der Waals surface area contributed by atoms with E-state index in [1.807, 2.05) is 18.2 Å². The second-order valence-corrected chi connectivity index (χ2v) is 5.17. The van der Waals surface area contributed by atoms with Crippen LogP contribution < -0.4 is 5.32 Å². The van der Waals surface area contributed by atoms with Crippen LogP contribution in [-0.2, 0) is 9.53 Å². The second-order valence-electron chi connectivity index (χ2n) is 5.17. The number of hydrogen-bond acceptors (Lipinski definition) is 2. The van der Waals surface area contributed by atoms with Gasteiger partial charge in [0.25, 0.3) is 0 Å². The summed E-state index contributed by atoms with van der Waals surface area (Å²) >= 11 is 0. The third-order valence-electron chi connectivity index (χ3n) is 3.27. The molecule has 1 heterocycles. The number of anilines is 1. The molecule has 1 unspecified atom stereocenters. The molecule has 1 aromatic carbocycles. The van der Waals surface area contributed by atoms with Crippen LogP contribution in [0.4, 0.5) is 5.69 Å². The van der Waals surface area contributed by atoms with E-state index in [0.717, 1.165) is 25.1 Å². The number of hydrogen-bond donors (Lipinski definition) is 1. The summed E-state index contributed by atoms with van der Waals surface area (Å²) in [5.41, 5.74) is 2.12. The van der Waals surface area contributed by atoms with Gasteiger partial charge in [-0.3, -0.25) is 4.79 Å². The van der Waals surface area contributed by atoms with Gasteiger partial charge in [0.1, 0.15) is 0 Å². The molecule has 3 heteroatoms. The van der Waals surface area contributed by atoms with E-state index >= 15 is 0 Å². The first-order valence-electron chi connectivity index (χ1n) is 6.66. The smallest absolute Gasteiger partial charge is 0.226 e. The Labute approximate surface area is 109 Å². The number of nitrogens with one attached hydrogen (secondary N) is 1. The maximum Gasteiger partial charge on any atom is 0.226 e. The summed E-state index contributed by atoms with van der Waals surface area (Å²) in [6.45, 7) is 5.08. The Bertz CT molecular complexity index is 409. The van der Waals surface area contributed by atoms with Gasteiger partial charge in [-0.1, -0.05) is 26.0 Å². The molecular formula is C15H21NO2. The predicted molar refractivity (Wildman–Crippen MR) is 72.8 cm³/mol. The van der Waals surface area contributed by atoms with E-state index in [9.17, 15) is 4.79 Å². The Morgan fingerprint density at radius 1 is 1.50 bits per heavy atom. The molecule has 1 saturated heterocycles. The zero-order valence-electron chi connectivity index (χ0n) is 11.1. The number of amides is 1. The molecule has 2 rings (SSSR count). The van der Waals surface area contributed by atoms with Crippen LogP contribution in [0.1, 0.15) is 44.6 Å². The molecule has 98 valence electrons. The highest BCUT2D eigenvalue weighted by Gasteiger charge is 2.19. The Balaban J connectivity index is 1.91. The monoisotopic (exact) mass is 247 g/mol. The lowest BCUT2D eigenvalue weighted by atomic mass is 10.0. The van der Waals surface area contributed by atoms with Crippen LogP contribution in [0.15, 0.2) is 24.3 Å². The van der Waals surface area contributed by atoms with E-state index in [0.29, 0.717) is 12.3 Å². The summed E-state index contributed by atoms with van der Waals surface area (Å²) in [4.78, 5) is 11.9. The van der Waals surface area contributed by atoms with Crippen LogP contribution >= 0.6 is 0 Å². The van der Waals surface area contributed by atoms with Gasteiger partial charge in [-0.15, -0.1) is 0 Å². The van der Waals surface area contributed by atoms with E-state index in [-0.39, 0.29) is 12.0 Å². The van der Waals surface area contributed by atoms with Crippen molar-refractivity contribution in [1.82, 2.24) is 0 Å². The van der Waals surface area contributed by atoms with Crippen molar-refractivity contribution in [2.24, 2.45) is 0 Å². The van der Waals surface area contributed by atoms with Crippen LogP contribution in [0.25, 0.3) is 0 Å². The van der Waals surface area contributed by atoms with Crippen molar-refractivity contribution in [3.05, 3.63) is 29.8 Å². The number of ether oxygens (including phenoxy) is 1. The summed E-state index contributed by atoms with van der Waals surface area (Å²) < 4.78 is 5.46. The van der Waals surface area contributed by atoms with E-state index in [1.54, 1.807) is 0 Å². The minimum absolute atomic E-state index is 0.0443. The van der Waals surface area contributed by atoms with Crippen molar-refractivity contribution in [1.29, 1.82) is 0 Å². The lowest BCUT2D eigenvalue weighted by Crippen LogP contribution is -2.19. The van der Waals surface area contributed by atoms with Gasteiger partial charge in [0.05, 0.1) is 12.5 Å². The van der Waals surface area contributed by atoms with Crippen molar-refractivity contribution in [3.8, 4) is 0 Å². The van der Waals surface area contributed by atoms with Gasteiger partial charge >= 0.3 is 0 Å². The minimum Gasteiger partial charge on any atom is -0.378 e. The molecule has 1 aliphatic rings. The number of carbonyl (C=O) groups excluding carboxylic acids is 1. The lowest BCUT2D eigenvalue weighted by Gasteiger charge is -2.11. The third kappa shape index (κ3) is 3.57. The molecule has 18 heavy (non-hydrogen) atoms. The molecule has 1 fully saturated rings. The normalized spacial score (nSPS) is 19.2. The number of rotatable bonds is 4. The molecule has 1 amide bonds. The molecule has 0 saturated carbocycles. The van der Waals surface area contributed by atoms with Crippen LogP contribution in [0, 0.1) is 0 Å². The highest BCUT2D eigenvalue weighted by Crippen LogP contribution is 2.20. The Morgan fingerprint density at radius 3 is 3.00 bits per heavy atom. The molecule has 0 radical (unpaired) electrons. The van der Waals surface area contributed by atoms with Gasteiger partial charge < -0.3 is 10.1 Å². The fraction of sp³-hybridized carbons (Fsp3) is 0.533. The first-order valence-corrected chi connectivity index (χ1v) is 6.66. The van der Waals surface area contributed by atoms with Gasteiger partial charge in [0.2, 0.25) is 5.91 Å². The number of benzene rings is 1. The van der Waals surface area contributed by atoms with Crippen molar-refractivity contribution in [2.75, 3.05) is 11.9 Å². The molecular weight excluding hydrogens is 226 g/mol. The van der Waals surface area contributed by atoms with E-state index in [1.165, 1.54) is 5.56 Å². The SMILES string of the molecule is CC(C)c1cccc(NC(=O)CC2CCCO2)c1. The maximum atomic E-state index is 11.9. The Hall–Kier alpha value is -1.35. The molecule has 1 N–H and O–H groups in total. The fourth-order valence-corrected chi connectivity index (χ4v) is 2.20. The average molecular weight is 247 g/mol. The van der Waals surface area contributed by atoms with Crippen molar-refractivity contribution in [2.45, 2.75) is 45.1 Å². The van der Waals surface area contributed by atoms with Crippen LogP contribution in [0.5, 0.6) is 0 Å². The van der Waals surface area contributed by atoms with Gasteiger partial charge in [0.15, 0.2) is 0 Å². The Kier molecular flexibility index (Phi) is 4.37. The maximum absolute atomic E-state index is 11.9. The van der Waals surface area contributed by atoms with Gasteiger partial charge in [-0.05, 0) is 36.5 Å². The first kappa shape index (κ1) is 13.1. The zero-order valence-corrected chi connectivity index (χ0v) is 11.1. The Morgan fingerprint density at radius 2 is 2.33 bits per heavy atom. The number of carbonyl (C=O) groups is 1. The molecule has 0 aliphatic carbocycles. The van der Waals surface area contributed by atoms with Crippen molar-refractivity contribution >= 4 is 11.6 Å². The average Bonchev–Trinajstić information content (AvgIpc) is 2.82. The van der Waals surface area contributed by atoms with Gasteiger partial charge in [-0.25, -0.2) is 0 Å². The standard InChI is InChI=1S/C15H21NO2/c1-11(2)12-5-3-6-13(9-12)16-15(17)10-14-7-4-8-18-14/h3,5-6,9,11,14H,4,7-8,10H2,1-2H3,(H,16,17). The summed E-state index contributed by atoms with van der Waals surface area (Å²) in [6, 6.07) is 8.04. The summed E-state index contributed by atoms with van der Waals surface area (Å²) in [7, 11) is 0. The van der Waals surface area contributed by atoms with Crippen LogP contribution in [-0.4, -0.2) is 18.6 Å². The van der Waals surface area contributed by atoms with E-state index < -0.39 is 0 Å². The summed E-state index contributed by atoms with van der Waals surface area (Å²) in [6.07, 6.45) is 2.64. The van der Waals surface area contributed by atoms with Crippen LogP contribution in [0.2, 0.25) is 0 Å². The summed E-state index contributed by atoms with van der Waals surface area (Å²) in [5.74, 6) is 0.517. The molecule has 0 spiro atoms. The van der Waals surface area contributed by atoms with Gasteiger partial charge in [-0.2, -0.15) is 0 Å². The molecule has 3 nitrogen and oxygen atoms in total. The molecule has 1 aliphatic heterocycles. The second kappa shape index (κ2) is 6.01. The lowest BCUT2D eigenvalue weighted by molar-refractivity contribution is -0.118. The quantitative estimate of drug-likeness (QED) is 0.886. The van der Waals surface area contributed by atoms with Crippen LogP contribution in [0.3, 0.4) is 0 Å². The van der Waals surface area contributed by atoms with Gasteiger partial charge in [0, 0.05) is 12.3 Å². The first-order chi connectivity index (χ1) is 8.65. The van der Waals surface area contributed by atoms with E-state index in [2.05, 4.69) is 25.2 Å². The third-order valence-corrected chi connectivity index (χ3v) is 3.27. The largest absolute Gasteiger partial charge is 0.378 e. The molecule has 0 aromatic heterocycles. The van der Waals surface area contributed by atoms with Crippen molar-refractivity contribution < 1.29 is 9.53 Å². The molecule has 0 bridgehead atoms. The molecule has 1 aromatic rings. The topological polar surface area (TPSA) is 38.3 Å². The van der Waals surface area contributed by atoms with Crippen molar-refractivity contribution in [3.63, 3.8) is 0 Å². The minimum atomic E-state index is 0.0443. The fourth-order valence-electron chi connectivity index (χ4n) is 2.20. The predicted octanol–water partition coefficient (Wildman–Crippen LogP) is 3.32. The zero-order chi connectivity index (χ0) is 13.0.